The molecule has 0 radical (unpaired) electrons. The number of hydrogen-bond acceptors (Lipinski definition) is 7. The molecule has 2 aromatic rings. The molecule has 1 amide bonds. The first-order valence-electron chi connectivity index (χ1n) is 11.9. The van der Waals surface area contributed by atoms with Gasteiger partial charge in [-0.25, -0.2) is 14.8 Å². The Bertz CT molecular complexity index is 1050. The fourth-order valence-electron chi connectivity index (χ4n) is 5.04. The molecule has 2 atom stereocenters. The van der Waals surface area contributed by atoms with E-state index in [1.54, 1.807) is 22.6 Å². The number of carbonyl (C=O) groups excluding carboxylic acids is 1. The van der Waals surface area contributed by atoms with Crippen LogP contribution < -0.4 is 4.74 Å². The van der Waals surface area contributed by atoms with Crippen LogP contribution in [0.1, 0.15) is 82.6 Å². The lowest BCUT2D eigenvalue weighted by Gasteiger charge is -2.35. The summed E-state index contributed by atoms with van der Waals surface area (Å²) in [6, 6.07) is 2.54. The van der Waals surface area contributed by atoms with E-state index in [2.05, 4.69) is 16.0 Å². The van der Waals surface area contributed by atoms with Crippen molar-refractivity contribution in [2.75, 3.05) is 7.05 Å². The van der Waals surface area contributed by atoms with E-state index in [4.69, 9.17) is 9.47 Å². The van der Waals surface area contributed by atoms with E-state index < -0.39 is 5.60 Å². The van der Waals surface area contributed by atoms with Crippen LogP contribution in [-0.4, -0.2) is 45.8 Å². The third kappa shape index (κ3) is 5.24. The van der Waals surface area contributed by atoms with Crippen LogP contribution in [0, 0.1) is 17.2 Å². The molecule has 1 unspecified atom stereocenters. The van der Waals surface area contributed by atoms with Crippen LogP contribution >= 0.6 is 11.3 Å². The standard InChI is InChI=1S/C25H34N4O3S/c1-15(13-26)12-16-6-11-19-20(16)21-22(27-14-28-23(21)33-19)31-18-9-7-17(8-10-18)29(5)24(30)32-25(2,3)4/h14-18H,6-12H2,1-5H3/t15?,16-,17-,18-/m1/s1. The summed E-state index contributed by atoms with van der Waals surface area (Å²) in [6.45, 7) is 7.66. The number of rotatable bonds is 5. The maximum absolute atomic E-state index is 12.4. The molecular weight excluding hydrogens is 436 g/mol. The van der Waals surface area contributed by atoms with E-state index in [9.17, 15) is 10.1 Å². The monoisotopic (exact) mass is 470 g/mol. The van der Waals surface area contributed by atoms with Gasteiger partial charge in [-0.3, -0.25) is 0 Å². The number of fused-ring (bicyclic) bond motifs is 3. The van der Waals surface area contributed by atoms with Gasteiger partial charge < -0.3 is 14.4 Å². The quantitative estimate of drug-likeness (QED) is 0.546. The number of aryl methyl sites for hydroxylation is 1. The van der Waals surface area contributed by atoms with E-state index in [1.807, 2.05) is 34.7 Å². The van der Waals surface area contributed by atoms with Crippen LogP contribution in [-0.2, 0) is 11.2 Å². The second-order valence-electron chi connectivity index (χ2n) is 10.4. The number of ether oxygens (including phenoxy) is 2. The summed E-state index contributed by atoms with van der Waals surface area (Å²) in [7, 11) is 1.82. The van der Waals surface area contributed by atoms with E-state index in [0.717, 1.165) is 55.2 Å². The molecule has 0 N–H and O–H groups in total. The molecule has 1 saturated carbocycles. The molecule has 0 spiro atoms. The highest BCUT2D eigenvalue weighted by Crippen LogP contribution is 2.48. The van der Waals surface area contributed by atoms with Crippen molar-refractivity contribution in [3.63, 3.8) is 0 Å². The molecule has 2 heterocycles. The molecule has 2 aromatic heterocycles. The Hall–Kier alpha value is -2.40. The fourth-order valence-corrected chi connectivity index (χ4v) is 6.27. The summed E-state index contributed by atoms with van der Waals surface area (Å²) in [5.41, 5.74) is 0.819. The van der Waals surface area contributed by atoms with Gasteiger partial charge >= 0.3 is 6.09 Å². The van der Waals surface area contributed by atoms with Gasteiger partial charge in [-0.1, -0.05) is 0 Å². The molecule has 2 aliphatic carbocycles. The molecular formula is C25H34N4O3S. The minimum atomic E-state index is -0.492. The highest BCUT2D eigenvalue weighted by Gasteiger charge is 2.33. The Morgan fingerprint density at radius 1 is 1.27 bits per heavy atom. The lowest BCUT2D eigenvalue weighted by Crippen LogP contribution is -2.43. The molecule has 33 heavy (non-hydrogen) atoms. The normalized spacial score (nSPS) is 23.6. The van der Waals surface area contributed by atoms with Crippen molar-refractivity contribution < 1.29 is 14.3 Å². The van der Waals surface area contributed by atoms with Crippen molar-refractivity contribution in [1.29, 1.82) is 5.26 Å². The van der Waals surface area contributed by atoms with E-state index in [0.29, 0.717) is 11.8 Å². The molecule has 0 aromatic carbocycles. The van der Waals surface area contributed by atoms with E-state index in [-0.39, 0.29) is 24.2 Å². The summed E-state index contributed by atoms with van der Waals surface area (Å²) < 4.78 is 12.0. The van der Waals surface area contributed by atoms with Crippen molar-refractivity contribution in [3.05, 3.63) is 16.8 Å². The molecule has 2 aliphatic rings. The number of nitriles is 1. The summed E-state index contributed by atoms with van der Waals surface area (Å²) in [6.07, 6.45) is 7.87. The second-order valence-corrected chi connectivity index (χ2v) is 11.5. The zero-order valence-corrected chi connectivity index (χ0v) is 21.1. The van der Waals surface area contributed by atoms with Crippen molar-refractivity contribution >= 4 is 27.6 Å². The lowest BCUT2D eigenvalue weighted by molar-refractivity contribution is 0.0138. The Kier molecular flexibility index (Phi) is 6.81. The fraction of sp³-hybridized carbons (Fsp3) is 0.680. The summed E-state index contributed by atoms with van der Waals surface area (Å²) in [4.78, 5) is 25.6. The Labute approximate surface area is 200 Å². The highest BCUT2D eigenvalue weighted by molar-refractivity contribution is 7.19. The minimum absolute atomic E-state index is 0.0298. The molecule has 7 nitrogen and oxygen atoms in total. The van der Waals surface area contributed by atoms with Gasteiger partial charge in [0.05, 0.1) is 11.5 Å². The topological polar surface area (TPSA) is 88.3 Å². The smallest absolute Gasteiger partial charge is 0.410 e. The first-order valence-corrected chi connectivity index (χ1v) is 12.8. The van der Waals surface area contributed by atoms with Gasteiger partial charge in [0, 0.05) is 23.9 Å². The molecule has 0 bridgehead atoms. The maximum Gasteiger partial charge on any atom is 0.410 e. The second kappa shape index (κ2) is 9.46. The molecule has 0 aliphatic heterocycles. The Morgan fingerprint density at radius 2 is 2.00 bits per heavy atom. The molecule has 178 valence electrons. The predicted octanol–water partition coefficient (Wildman–Crippen LogP) is 5.83. The number of amides is 1. The van der Waals surface area contributed by atoms with Crippen LogP contribution in [0.15, 0.2) is 6.33 Å². The van der Waals surface area contributed by atoms with E-state index >= 15 is 0 Å². The molecule has 8 heteroatoms. The number of hydrogen-bond donors (Lipinski definition) is 0. The SMILES string of the molecule is CC(C#N)C[C@H]1CCc2sc3ncnc(O[C@H]4CC[C@H](N(C)C(=O)OC(C)(C)C)CC4)c3c21. The maximum atomic E-state index is 12.4. The van der Waals surface area contributed by atoms with Gasteiger partial charge in [0.2, 0.25) is 5.88 Å². The summed E-state index contributed by atoms with van der Waals surface area (Å²) >= 11 is 1.74. The van der Waals surface area contributed by atoms with Crippen LogP contribution in [0.3, 0.4) is 0 Å². The summed E-state index contributed by atoms with van der Waals surface area (Å²) in [5, 5.41) is 10.4. The van der Waals surface area contributed by atoms with Gasteiger partial charge in [0.25, 0.3) is 0 Å². The third-order valence-corrected chi connectivity index (χ3v) is 7.88. The minimum Gasteiger partial charge on any atom is -0.474 e. The van der Waals surface area contributed by atoms with Crippen molar-refractivity contribution in [1.82, 2.24) is 14.9 Å². The average molecular weight is 471 g/mol. The van der Waals surface area contributed by atoms with Gasteiger partial charge in [-0.05, 0) is 84.1 Å². The van der Waals surface area contributed by atoms with Crippen LogP contribution in [0.4, 0.5) is 4.79 Å². The molecule has 1 fully saturated rings. The number of carbonyl (C=O) groups is 1. The van der Waals surface area contributed by atoms with Crippen LogP contribution in [0.5, 0.6) is 5.88 Å². The largest absolute Gasteiger partial charge is 0.474 e. The summed E-state index contributed by atoms with van der Waals surface area (Å²) in [5.74, 6) is 1.08. The average Bonchev–Trinajstić information content (AvgIpc) is 3.32. The highest BCUT2D eigenvalue weighted by atomic mass is 32.1. The first-order chi connectivity index (χ1) is 15.7. The Balaban J connectivity index is 1.45. The van der Waals surface area contributed by atoms with Gasteiger partial charge in [-0.15, -0.1) is 11.3 Å². The van der Waals surface area contributed by atoms with Crippen molar-refractivity contribution in [3.8, 4) is 11.9 Å². The zero-order valence-electron chi connectivity index (χ0n) is 20.3. The number of nitrogens with zero attached hydrogens (tertiary/aromatic N) is 4. The van der Waals surface area contributed by atoms with Crippen molar-refractivity contribution in [2.24, 2.45) is 5.92 Å². The van der Waals surface area contributed by atoms with Gasteiger partial charge in [-0.2, -0.15) is 5.26 Å². The third-order valence-electron chi connectivity index (χ3n) is 6.71. The van der Waals surface area contributed by atoms with Gasteiger partial charge in [0.1, 0.15) is 22.9 Å². The lowest BCUT2D eigenvalue weighted by atomic mass is 9.91. The predicted molar refractivity (Wildman–Crippen MR) is 129 cm³/mol. The van der Waals surface area contributed by atoms with Crippen molar-refractivity contribution in [2.45, 2.75) is 96.3 Å². The molecule has 4 rings (SSSR count). The number of thiophene rings is 1. The van der Waals surface area contributed by atoms with Crippen LogP contribution in [0.2, 0.25) is 0 Å². The Morgan fingerprint density at radius 3 is 2.67 bits per heavy atom. The first kappa shape index (κ1) is 23.7. The van der Waals surface area contributed by atoms with E-state index in [1.165, 1.54) is 10.4 Å². The van der Waals surface area contributed by atoms with Crippen LogP contribution in [0.25, 0.3) is 10.2 Å². The zero-order chi connectivity index (χ0) is 23.8. The number of aromatic nitrogens is 2. The molecule has 0 saturated heterocycles. The van der Waals surface area contributed by atoms with Gasteiger partial charge in [0.15, 0.2) is 0 Å².